The molecule has 0 saturated carbocycles. The van der Waals surface area contributed by atoms with E-state index in [1.807, 2.05) is 24.3 Å². The molecule has 2 aliphatic heterocycles. The van der Waals surface area contributed by atoms with E-state index in [1.54, 1.807) is 6.07 Å². The molecule has 0 unspecified atom stereocenters. The van der Waals surface area contributed by atoms with E-state index < -0.39 is 11.5 Å². The van der Waals surface area contributed by atoms with Crippen LogP contribution < -0.4 is 33.3 Å². The van der Waals surface area contributed by atoms with Crippen LogP contribution in [0.25, 0.3) is 26.3 Å². The van der Waals surface area contributed by atoms with Crippen molar-refractivity contribution < 1.29 is 38.3 Å². The van der Waals surface area contributed by atoms with Gasteiger partial charge in [-0.3, -0.25) is 0 Å². The normalized spacial score (nSPS) is 13.2. The van der Waals surface area contributed by atoms with Gasteiger partial charge in [0.15, 0.2) is 23.0 Å². The third-order valence-electron chi connectivity index (χ3n) is 8.77. The second-order valence-corrected chi connectivity index (χ2v) is 14.6. The van der Waals surface area contributed by atoms with E-state index in [4.69, 9.17) is 28.4 Å². The Morgan fingerprint density at radius 3 is 1.63 bits per heavy atom. The predicted molar refractivity (Wildman–Crippen MR) is 212 cm³/mol. The Kier molecular flexibility index (Phi) is 11.6. The fourth-order valence-corrected chi connectivity index (χ4v) is 8.49. The van der Waals surface area contributed by atoms with E-state index in [9.17, 15) is 15.2 Å². The van der Waals surface area contributed by atoms with Crippen LogP contribution in [0.1, 0.15) is 44.4 Å². The summed E-state index contributed by atoms with van der Waals surface area (Å²) in [5.41, 5.74) is 3.47. The minimum atomic E-state index is -1.31. The van der Waals surface area contributed by atoms with Crippen LogP contribution in [0.15, 0.2) is 78.4 Å². The van der Waals surface area contributed by atoms with Gasteiger partial charge >= 0.3 is 5.97 Å². The standard InChI is InChI=1S/C42H40N2O8S2/c1-3-5-19-47-32-15-11-30(12-16-32)44(31-13-17-33(18-14-31)48-20-6-4-2)29-9-7-27(8-10-29)39-37-38(52-24-23-51-37)41(54-39)40-36-35(49-21-22-50-36)34(53-40)25-28(26-43)42(45)46/h7-18,25H,3-6,19-24H2,1-2H3,(H,45,46). The molecule has 1 N–H and O–H groups in total. The topological polar surface area (TPSA) is 120 Å². The lowest BCUT2D eigenvalue weighted by Gasteiger charge is -2.26. The summed E-state index contributed by atoms with van der Waals surface area (Å²) in [6.45, 7) is 7.09. The molecule has 54 heavy (non-hydrogen) atoms. The number of carboxylic acids is 1. The fourth-order valence-electron chi connectivity index (χ4n) is 6.04. The third-order valence-corrected chi connectivity index (χ3v) is 11.2. The van der Waals surface area contributed by atoms with Crippen LogP contribution in [-0.2, 0) is 4.79 Å². The fraction of sp³-hybridized carbons (Fsp3) is 0.286. The molecule has 0 saturated heterocycles. The highest BCUT2D eigenvalue weighted by Crippen LogP contribution is 2.60. The highest BCUT2D eigenvalue weighted by Gasteiger charge is 2.33. The molecule has 2 aliphatic rings. The molecule has 4 heterocycles. The van der Waals surface area contributed by atoms with Crippen molar-refractivity contribution in [1.29, 1.82) is 5.26 Å². The molecule has 3 aromatic carbocycles. The van der Waals surface area contributed by atoms with Crippen molar-refractivity contribution >= 4 is 51.8 Å². The van der Waals surface area contributed by atoms with Crippen molar-refractivity contribution in [2.75, 3.05) is 44.5 Å². The maximum atomic E-state index is 11.7. The molecule has 0 aliphatic carbocycles. The summed E-state index contributed by atoms with van der Waals surface area (Å²) in [7, 11) is 0. The van der Waals surface area contributed by atoms with Crippen LogP contribution in [0.3, 0.4) is 0 Å². The Balaban J connectivity index is 1.24. The molecule has 5 aromatic rings. The van der Waals surface area contributed by atoms with E-state index in [-0.39, 0.29) is 0 Å². The minimum Gasteiger partial charge on any atom is -0.494 e. The quantitative estimate of drug-likeness (QED) is 0.0626. The average Bonchev–Trinajstić information content (AvgIpc) is 3.77. The number of rotatable bonds is 15. The lowest BCUT2D eigenvalue weighted by atomic mass is 10.1. The van der Waals surface area contributed by atoms with E-state index >= 15 is 0 Å². The Bertz CT molecular complexity index is 2090. The smallest absolute Gasteiger partial charge is 0.346 e. The molecule has 0 radical (unpaired) electrons. The number of ether oxygens (including phenoxy) is 6. The number of anilines is 3. The second kappa shape index (κ2) is 17.0. The number of thiophene rings is 2. The van der Waals surface area contributed by atoms with Gasteiger partial charge < -0.3 is 38.4 Å². The number of carboxylic acid groups (broad SMARTS) is 1. The van der Waals surface area contributed by atoms with E-state index in [1.165, 1.54) is 28.7 Å². The SMILES string of the molecule is CCCCOc1ccc(N(c2ccc(OCCCC)cc2)c2ccc(-c3sc(-c4sc(C=C(C#N)C(=O)O)c5c4OCCO5)c4c3OCCO4)cc2)cc1. The molecule has 10 nitrogen and oxygen atoms in total. The summed E-state index contributed by atoms with van der Waals surface area (Å²) in [6.07, 6.45) is 5.49. The molecular weight excluding hydrogens is 725 g/mol. The van der Waals surface area contributed by atoms with Crippen molar-refractivity contribution in [3.05, 3.63) is 83.2 Å². The van der Waals surface area contributed by atoms with Crippen LogP contribution in [0, 0.1) is 11.3 Å². The van der Waals surface area contributed by atoms with E-state index in [0.717, 1.165) is 74.4 Å². The predicted octanol–water partition coefficient (Wildman–Crippen LogP) is 10.5. The van der Waals surface area contributed by atoms with Gasteiger partial charge in [0.05, 0.1) is 32.7 Å². The largest absolute Gasteiger partial charge is 0.494 e. The number of unbranched alkanes of at least 4 members (excludes halogenated alkanes) is 2. The summed E-state index contributed by atoms with van der Waals surface area (Å²) in [5.74, 6) is 2.52. The van der Waals surface area contributed by atoms with Gasteiger partial charge in [0, 0.05) is 17.1 Å². The van der Waals surface area contributed by atoms with Gasteiger partial charge in [-0.1, -0.05) is 38.8 Å². The monoisotopic (exact) mass is 764 g/mol. The first kappa shape index (κ1) is 36.7. The lowest BCUT2D eigenvalue weighted by Crippen LogP contribution is -2.15. The number of benzene rings is 3. The maximum absolute atomic E-state index is 11.7. The Labute approximate surface area is 322 Å². The van der Waals surface area contributed by atoms with Gasteiger partial charge in [-0.05, 0) is 85.1 Å². The number of carbonyl (C=O) groups is 1. The second-order valence-electron chi connectivity index (χ2n) is 12.5. The molecule has 0 fully saturated rings. The number of aliphatic carboxylic acids is 1. The van der Waals surface area contributed by atoms with Gasteiger partial charge in [-0.25, -0.2) is 4.79 Å². The van der Waals surface area contributed by atoms with Crippen molar-refractivity contribution in [1.82, 2.24) is 0 Å². The van der Waals surface area contributed by atoms with Crippen LogP contribution in [0.5, 0.6) is 34.5 Å². The van der Waals surface area contributed by atoms with Crippen molar-refractivity contribution in [3.8, 4) is 60.8 Å². The number of nitriles is 1. The molecule has 12 heteroatoms. The molecule has 0 bridgehead atoms. The number of hydrogen-bond donors (Lipinski definition) is 1. The first-order chi connectivity index (χ1) is 26.5. The average molecular weight is 765 g/mol. The van der Waals surface area contributed by atoms with Crippen molar-refractivity contribution in [2.24, 2.45) is 0 Å². The number of nitrogens with zero attached hydrogens (tertiary/aromatic N) is 2. The van der Waals surface area contributed by atoms with E-state index in [0.29, 0.717) is 67.5 Å². The zero-order chi connectivity index (χ0) is 37.4. The van der Waals surface area contributed by atoms with Crippen molar-refractivity contribution in [2.45, 2.75) is 39.5 Å². The minimum absolute atomic E-state index is 0.309. The van der Waals surface area contributed by atoms with Gasteiger partial charge in [-0.15, -0.1) is 22.7 Å². The third kappa shape index (κ3) is 7.83. The first-order valence-electron chi connectivity index (χ1n) is 18.1. The molecule has 278 valence electrons. The summed E-state index contributed by atoms with van der Waals surface area (Å²) >= 11 is 2.80. The molecule has 0 atom stereocenters. The van der Waals surface area contributed by atoms with Gasteiger partial charge in [-0.2, -0.15) is 5.26 Å². The molecule has 2 aromatic heterocycles. The summed E-state index contributed by atoms with van der Waals surface area (Å²) in [5, 5.41) is 19.0. The van der Waals surface area contributed by atoms with Crippen LogP contribution in [0.2, 0.25) is 0 Å². The molecule has 0 spiro atoms. The highest BCUT2D eigenvalue weighted by molar-refractivity contribution is 7.25. The van der Waals surface area contributed by atoms with Gasteiger partial charge in [0.25, 0.3) is 0 Å². The number of fused-ring (bicyclic) bond motifs is 2. The molecule has 7 rings (SSSR count). The van der Waals surface area contributed by atoms with Crippen LogP contribution in [-0.4, -0.2) is 50.7 Å². The lowest BCUT2D eigenvalue weighted by molar-refractivity contribution is -0.132. The summed E-state index contributed by atoms with van der Waals surface area (Å²) in [4.78, 5) is 16.8. The number of hydrogen-bond acceptors (Lipinski definition) is 11. The zero-order valence-electron chi connectivity index (χ0n) is 30.1. The van der Waals surface area contributed by atoms with Gasteiger partial charge in [0.1, 0.15) is 49.6 Å². The Hall–Kier alpha value is -5.64. The highest BCUT2D eigenvalue weighted by atomic mass is 32.1. The molecule has 0 amide bonds. The first-order valence-corrected chi connectivity index (χ1v) is 19.7. The van der Waals surface area contributed by atoms with Crippen LogP contribution >= 0.6 is 22.7 Å². The van der Waals surface area contributed by atoms with Gasteiger partial charge in [0.2, 0.25) is 0 Å². The van der Waals surface area contributed by atoms with E-state index in [2.05, 4.69) is 67.3 Å². The van der Waals surface area contributed by atoms with Crippen molar-refractivity contribution in [3.63, 3.8) is 0 Å². The summed E-state index contributed by atoms with van der Waals surface area (Å²) < 4.78 is 36.4. The molecular formula is C42H40N2O8S2. The maximum Gasteiger partial charge on any atom is 0.346 e. The summed E-state index contributed by atoms with van der Waals surface area (Å²) in [6, 6.07) is 26.4. The Morgan fingerprint density at radius 1 is 0.704 bits per heavy atom. The van der Waals surface area contributed by atoms with Crippen LogP contribution in [0.4, 0.5) is 17.1 Å². The Morgan fingerprint density at radius 2 is 1.15 bits per heavy atom. The zero-order valence-corrected chi connectivity index (χ0v) is 31.7.